The maximum absolute atomic E-state index is 12.5. The Kier molecular flexibility index (Phi) is 3.38. The van der Waals surface area contributed by atoms with E-state index in [4.69, 9.17) is 4.43 Å². The average molecular weight is 320 g/mol. The molecule has 0 saturated carbocycles. The van der Waals surface area contributed by atoms with Crippen molar-refractivity contribution >= 4 is 20.1 Å². The molecular formula is C16H24N2O3Si. The first-order valence-corrected chi connectivity index (χ1v) is 10.7. The summed E-state index contributed by atoms with van der Waals surface area (Å²) in [7, 11) is -1.90. The zero-order chi connectivity index (χ0) is 16.3. The monoisotopic (exact) mass is 320 g/mol. The van der Waals surface area contributed by atoms with Crippen molar-refractivity contribution in [2.75, 3.05) is 6.54 Å². The zero-order valence-corrected chi connectivity index (χ0v) is 14.9. The highest BCUT2D eigenvalue weighted by atomic mass is 28.4. The largest absolute Gasteiger partial charge is 0.412 e. The van der Waals surface area contributed by atoms with Gasteiger partial charge < -0.3 is 9.33 Å². The van der Waals surface area contributed by atoms with E-state index in [2.05, 4.69) is 33.9 Å². The van der Waals surface area contributed by atoms with Gasteiger partial charge >= 0.3 is 0 Å². The van der Waals surface area contributed by atoms with E-state index >= 15 is 0 Å². The lowest BCUT2D eigenvalue weighted by molar-refractivity contribution is 0.0564. The van der Waals surface area contributed by atoms with E-state index in [1.807, 2.05) is 0 Å². The summed E-state index contributed by atoms with van der Waals surface area (Å²) in [6, 6.07) is 3.08. The van der Waals surface area contributed by atoms with Gasteiger partial charge in [0.1, 0.15) is 11.7 Å². The number of rotatable bonds is 2. The molecule has 2 aliphatic rings. The topological polar surface area (TPSA) is 51.5 Å². The Bertz CT molecular complexity index is 591. The Morgan fingerprint density at radius 3 is 2.59 bits per heavy atom. The van der Waals surface area contributed by atoms with Crippen molar-refractivity contribution in [3.05, 3.63) is 24.0 Å². The summed E-state index contributed by atoms with van der Waals surface area (Å²) >= 11 is 0. The predicted octanol–water partition coefficient (Wildman–Crippen LogP) is 2.75. The normalized spacial score (nSPS) is 25.4. The van der Waals surface area contributed by atoms with Gasteiger partial charge in [0.05, 0.1) is 6.10 Å². The summed E-state index contributed by atoms with van der Waals surface area (Å²) in [4.78, 5) is 26.7. The van der Waals surface area contributed by atoms with Crippen molar-refractivity contribution < 1.29 is 14.0 Å². The van der Waals surface area contributed by atoms with Crippen LogP contribution in [0.25, 0.3) is 0 Å². The van der Waals surface area contributed by atoms with Crippen molar-refractivity contribution in [3.63, 3.8) is 0 Å². The van der Waals surface area contributed by atoms with Crippen LogP contribution in [-0.4, -0.2) is 48.3 Å². The molecule has 5 nitrogen and oxygen atoms in total. The van der Waals surface area contributed by atoms with Crippen LogP contribution in [0.5, 0.6) is 0 Å². The van der Waals surface area contributed by atoms with Crippen LogP contribution >= 0.6 is 0 Å². The molecular weight excluding hydrogens is 296 g/mol. The van der Waals surface area contributed by atoms with Crippen molar-refractivity contribution in [1.82, 2.24) is 9.47 Å². The first-order chi connectivity index (χ1) is 10.1. The molecule has 0 radical (unpaired) electrons. The van der Waals surface area contributed by atoms with E-state index in [0.717, 1.165) is 0 Å². The van der Waals surface area contributed by atoms with E-state index in [1.54, 1.807) is 23.2 Å². The Balaban J connectivity index is 1.80. The Labute approximate surface area is 132 Å². The molecule has 1 saturated heterocycles. The third kappa shape index (κ3) is 2.25. The highest BCUT2D eigenvalue weighted by Crippen LogP contribution is 2.39. The van der Waals surface area contributed by atoms with Crippen LogP contribution < -0.4 is 0 Å². The van der Waals surface area contributed by atoms with Gasteiger partial charge in [-0.25, -0.2) is 0 Å². The van der Waals surface area contributed by atoms with Crippen LogP contribution in [0.4, 0.5) is 0 Å². The van der Waals surface area contributed by atoms with Crippen LogP contribution in [-0.2, 0) is 4.43 Å². The highest BCUT2D eigenvalue weighted by molar-refractivity contribution is 6.74. The third-order valence-electron chi connectivity index (χ3n) is 5.28. The molecule has 2 atom stereocenters. The minimum atomic E-state index is -1.90. The number of carbonyl (C=O) groups is 2. The molecule has 1 aromatic rings. The predicted molar refractivity (Wildman–Crippen MR) is 86.6 cm³/mol. The van der Waals surface area contributed by atoms with E-state index < -0.39 is 8.32 Å². The van der Waals surface area contributed by atoms with Crippen LogP contribution in [0.2, 0.25) is 18.1 Å². The SMILES string of the molecule is CC(C)(C)[Si](C)(C)O[C@@H]1CC2C(=O)n3cccc3C(=O)N2C1. The van der Waals surface area contributed by atoms with Gasteiger partial charge in [-0.05, 0) is 30.3 Å². The Morgan fingerprint density at radius 2 is 1.95 bits per heavy atom. The van der Waals surface area contributed by atoms with Gasteiger partial charge in [-0.3, -0.25) is 14.2 Å². The number of amides is 1. The summed E-state index contributed by atoms with van der Waals surface area (Å²) < 4.78 is 7.90. The van der Waals surface area contributed by atoms with Gasteiger partial charge in [0, 0.05) is 19.2 Å². The molecule has 0 N–H and O–H groups in total. The molecule has 6 heteroatoms. The lowest BCUT2D eigenvalue weighted by Gasteiger charge is -2.38. The maximum Gasteiger partial charge on any atom is 0.271 e. The number of carbonyl (C=O) groups excluding carboxylic acids is 2. The standard InChI is InChI=1S/C16H24N2O3Si/c1-16(2,3)22(4,5)21-11-9-13-15(20)17-8-6-7-12(17)14(19)18(13)10-11/h6-8,11,13H,9-10H2,1-5H3/t11-,13?/m1/s1. The fourth-order valence-corrected chi connectivity index (χ4v) is 4.35. The number of fused-ring (bicyclic) bond motifs is 2. The molecule has 3 heterocycles. The van der Waals surface area contributed by atoms with Crippen molar-refractivity contribution in [2.45, 2.75) is 57.5 Å². The van der Waals surface area contributed by atoms with Crippen molar-refractivity contribution in [2.24, 2.45) is 0 Å². The lowest BCUT2D eigenvalue weighted by Crippen LogP contribution is -2.48. The second-order valence-corrected chi connectivity index (χ2v) is 12.6. The molecule has 1 aromatic heterocycles. The second kappa shape index (κ2) is 4.79. The number of aromatic nitrogens is 1. The fourth-order valence-electron chi connectivity index (χ4n) is 2.99. The molecule has 1 amide bonds. The van der Waals surface area contributed by atoms with Crippen molar-refractivity contribution in [1.29, 1.82) is 0 Å². The molecule has 0 bridgehead atoms. The Morgan fingerprint density at radius 1 is 1.27 bits per heavy atom. The maximum atomic E-state index is 12.5. The molecule has 2 aliphatic heterocycles. The van der Waals surface area contributed by atoms with Crippen LogP contribution in [0.3, 0.4) is 0 Å². The van der Waals surface area contributed by atoms with Gasteiger partial charge in [0.25, 0.3) is 11.8 Å². The van der Waals surface area contributed by atoms with E-state index in [0.29, 0.717) is 18.7 Å². The van der Waals surface area contributed by atoms with Gasteiger partial charge in [-0.2, -0.15) is 0 Å². The third-order valence-corrected chi connectivity index (χ3v) is 9.82. The first-order valence-electron chi connectivity index (χ1n) is 7.82. The fraction of sp³-hybridized carbons (Fsp3) is 0.625. The van der Waals surface area contributed by atoms with Crippen LogP contribution in [0.1, 0.15) is 42.5 Å². The molecule has 1 unspecified atom stereocenters. The summed E-state index contributed by atoms with van der Waals surface area (Å²) in [5, 5.41) is 0.120. The number of hydrogen-bond acceptors (Lipinski definition) is 3. The Hall–Kier alpha value is -1.40. The van der Waals surface area contributed by atoms with Gasteiger partial charge in [0.2, 0.25) is 0 Å². The quantitative estimate of drug-likeness (QED) is 0.787. The molecule has 22 heavy (non-hydrogen) atoms. The summed E-state index contributed by atoms with van der Waals surface area (Å²) in [5.74, 6) is -0.0723. The first kappa shape index (κ1) is 15.5. The van der Waals surface area contributed by atoms with Crippen LogP contribution in [0.15, 0.2) is 18.3 Å². The van der Waals surface area contributed by atoms with Gasteiger partial charge in [-0.15, -0.1) is 0 Å². The molecule has 120 valence electrons. The molecule has 0 spiro atoms. The van der Waals surface area contributed by atoms with Gasteiger partial charge in [-0.1, -0.05) is 20.8 Å². The highest BCUT2D eigenvalue weighted by Gasteiger charge is 2.48. The molecule has 3 rings (SSSR count). The summed E-state index contributed by atoms with van der Waals surface area (Å²) in [5.41, 5.74) is 0.467. The minimum absolute atomic E-state index is 0.0130. The molecule has 0 aromatic carbocycles. The minimum Gasteiger partial charge on any atom is -0.412 e. The van der Waals surface area contributed by atoms with E-state index in [9.17, 15) is 9.59 Å². The van der Waals surface area contributed by atoms with Gasteiger partial charge in [0.15, 0.2) is 8.32 Å². The number of nitrogens with zero attached hydrogens (tertiary/aromatic N) is 2. The molecule has 1 fully saturated rings. The number of hydrogen-bond donors (Lipinski definition) is 0. The summed E-state index contributed by atoms with van der Waals surface area (Å²) in [6.45, 7) is 11.5. The molecule has 0 aliphatic carbocycles. The van der Waals surface area contributed by atoms with Crippen molar-refractivity contribution in [3.8, 4) is 0 Å². The second-order valence-electron chi connectivity index (χ2n) is 7.81. The van der Waals surface area contributed by atoms with E-state index in [-0.39, 0.29) is 29.0 Å². The van der Waals surface area contributed by atoms with E-state index in [1.165, 1.54) is 4.57 Å². The zero-order valence-electron chi connectivity index (χ0n) is 13.9. The lowest BCUT2D eigenvalue weighted by atomic mass is 10.1. The average Bonchev–Trinajstić information content (AvgIpc) is 3.00. The summed E-state index contributed by atoms with van der Waals surface area (Å²) in [6.07, 6.45) is 2.24. The smallest absolute Gasteiger partial charge is 0.271 e. The van der Waals surface area contributed by atoms with Crippen LogP contribution in [0, 0.1) is 0 Å².